The first-order chi connectivity index (χ1) is 10.2. The Balaban J connectivity index is 2.47. The van der Waals surface area contributed by atoms with Gasteiger partial charge in [0.2, 0.25) is 0 Å². The first-order valence-corrected chi connectivity index (χ1v) is 7.54. The van der Waals surface area contributed by atoms with Crippen molar-refractivity contribution in [3.63, 3.8) is 0 Å². The van der Waals surface area contributed by atoms with Gasteiger partial charge in [0, 0.05) is 31.3 Å². The van der Waals surface area contributed by atoms with E-state index in [-0.39, 0.29) is 0 Å². The van der Waals surface area contributed by atoms with E-state index in [0.29, 0.717) is 6.04 Å². The third-order valence-corrected chi connectivity index (χ3v) is 3.38. The van der Waals surface area contributed by atoms with Crippen LogP contribution in [0.3, 0.4) is 0 Å². The molecular formula is C17H24N4. The van der Waals surface area contributed by atoms with E-state index in [4.69, 9.17) is 4.98 Å². The maximum Gasteiger partial charge on any atom is 0.163 e. The molecule has 112 valence electrons. The van der Waals surface area contributed by atoms with Gasteiger partial charge in [-0.1, -0.05) is 37.3 Å². The van der Waals surface area contributed by atoms with Gasteiger partial charge in [-0.05, 0) is 20.3 Å². The van der Waals surface area contributed by atoms with Gasteiger partial charge in [-0.3, -0.25) is 0 Å². The summed E-state index contributed by atoms with van der Waals surface area (Å²) in [5.41, 5.74) is 1.04. The van der Waals surface area contributed by atoms with Gasteiger partial charge in [-0.15, -0.1) is 0 Å². The first-order valence-electron chi connectivity index (χ1n) is 7.54. The summed E-state index contributed by atoms with van der Waals surface area (Å²) in [5, 5.41) is 3.14. The van der Waals surface area contributed by atoms with Crippen LogP contribution in [0.1, 0.15) is 27.2 Å². The summed E-state index contributed by atoms with van der Waals surface area (Å²) >= 11 is 0. The molecule has 1 N–H and O–H groups in total. The summed E-state index contributed by atoms with van der Waals surface area (Å²) in [5.74, 6) is 2.59. The third-order valence-electron chi connectivity index (χ3n) is 3.38. The summed E-state index contributed by atoms with van der Waals surface area (Å²) in [6.07, 6.45) is 1.09. The molecule has 1 aromatic carbocycles. The molecule has 4 heteroatoms. The number of nitrogens with zero attached hydrogens (tertiary/aromatic N) is 3. The minimum absolute atomic E-state index is 0.410. The standard InChI is InChI=1S/C17H24N4/c1-5-11-21(13(2)3)16-12-15(18-4)19-17(20-16)14-9-7-6-8-10-14/h6-10,12-13H,5,11H2,1-4H3,(H,18,19,20). The van der Waals surface area contributed by atoms with Gasteiger partial charge in [0.1, 0.15) is 11.6 Å². The van der Waals surface area contributed by atoms with E-state index in [1.165, 1.54) is 0 Å². The number of hydrogen-bond donors (Lipinski definition) is 1. The summed E-state index contributed by atoms with van der Waals surface area (Å²) in [4.78, 5) is 11.7. The smallest absolute Gasteiger partial charge is 0.163 e. The first kappa shape index (κ1) is 15.3. The molecule has 1 heterocycles. The lowest BCUT2D eigenvalue weighted by atomic mass is 10.2. The lowest BCUT2D eigenvalue weighted by Gasteiger charge is -2.28. The van der Waals surface area contributed by atoms with Crippen LogP contribution in [-0.4, -0.2) is 29.6 Å². The Morgan fingerprint density at radius 1 is 1.14 bits per heavy atom. The molecule has 0 aliphatic heterocycles. The molecule has 0 bridgehead atoms. The second kappa shape index (κ2) is 7.07. The normalized spacial score (nSPS) is 10.7. The predicted octanol–water partition coefficient (Wildman–Crippen LogP) is 3.81. The molecule has 4 nitrogen and oxygen atoms in total. The number of hydrogen-bond acceptors (Lipinski definition) is 4. The van der Waals surface area contributed by atoms with Crippen molar-refractivity contribution in [3.05, 3.63) is 36.4 Å². The van der Waals surface area contributed by atoms with Crippen molar-refractivity contribution in [2.75, 3.05) is 23.8 Å². The fourth-order valence-corrected chi connectivity index (χ4v) is 2.30. The van der Waals surface area contributed by atoms with Crippen molar-refractivity contribution < 1.29 is 0 Å². The highest BCUT2D eigenvalue weighted by atomic mass is 15.2. The van der Waals surface area contributed by atoms with Crippen LogP contribution >= 0.6 is 0 Å². The van der Waals surface area contributed by atoms with E-state index >= 15 is 0 Å². The Kier molecular flexibility index (Phi) is 5.14. The van der Waals surface area contributed by atoms with Crippen molar-refractivity contribution in [2.45, 2.75) is 33.2 Å². The van der Waals surface area contributed by atoms with Crippen LogP contribution < -0.4 is 10.2 Å². The molecule has 0 aliphatic rings. The van der Waals surface area contributed by atoms with Crippen molar-refractivity contribution in [1.29, 1.82) is 0 Å². The lowest BCUT2D eigenvalue weighted by molar-refractivity contribution is 0.662. The largest absolute Gasteiger partial charge is 0.373 e. The Morgan fingerprint density at radius 3 is 2.43 bits per heavy atom. The van der Waals surface area contributed by atoms with Crippen LogP contribution in [0, 0.1) is 0 Å². The third kappa shape index (κ3) is 3.72. The second-order valence-electron chi connectivity index (χ2n) is 5.34. The highest BCUT2D eigenvalue weighted by molar-refractivity contribution is 5.61. The molecule has 0 saturated heterocycles. The summed E-state index contributed by atoms with van der Waals surface area (Å²) in [6, 6.07) is 12.5. The number of anilines is 2. The molecule has 1 aromatic heterocycles. The molecule has 0 atom stereocenters. The van der Waals surface area contributed by atoms with Gasteiger partial charge >= 0.3 is 0 Å². The molecule has 0 radical (unpaired) electrons. The van der Waals surface area contributed by atoms with E-state index < -0.39 is 0 Å². The molecule has 2 aromatic rings. The minimum atomic E-state index is 0.410. The lowest BCUT2D eigenvalue weighted by Crippen LogP contribution is -2.32. The average molecular weight is 284 g/mol. The summed E-state index contributed by atoms with van der Waals surface area (Å²) < 4.78 is 0. The summed E-state index contributed by atoms with van der Waals surface area (Å²) in [6.45, 7) is 7.57. The Hall–Kier alpha value is -2.10. The molecular weight excluding hydrogens is 260 g/mol. The van der Waals surface area contributed by atoms with Crippen LogP contribution in [0.2, 0.25) is 0 Å². The quantitative estimate of drug-likeness (QED) is 0.875. The highest BCUT2D eigenvalue weighted by Gasteiger charge is 2.14. The Morgan fingerprint density at radius 2 is 1.86 bits per heavy atom. The van der Waals surface area contributed by atoms with E-state index in [0.717, 1.165) is 36.0 Å². The SMILES string of the molecule is CCCN(c1cc(NC)nc(-c2ccccc2)n1)C(C)C. The maximum absolute atomic E-state index is 4.77. The molecule has 0 spiro atoms. The molecule has 0 fully saturated rings. The number of rotatable bonds is 6. The molecule has 0 amide bonds. The van der Waals surface area contributed by atoms with E-state index in [1.807, 2.05) is 43.4 Å². The molecule has 2 rings (SSSR count). The topological polar surface area (TPSA) is 41.0 Å². The van der Waals surface area contributed by atoms with E-state index in [9.17, 15) is 0 Å². The zero-order valence-corrected chi connectivity index (χ0v) is 13.3. The van der Waals surface area contributed by atoms with Crippen molar-refractivity contribution >= 4 is 11.6 Å². The van der Waals surface area contributed by atoms with Crippen LogP contribution in [0.15, 0.2) is 36.4 Å². The van der Waals surface area contributed by atoms with Gasteiger partial charge in [0.25, 0.3) is 0 Å². The van der Waals surface area contributed by atoms with E-state index in [1.54, 1.807) is 0 Å². The second-order valence-corrected chi connectivity index (χ2v) is 5.34. The molecule has 0 saturated carbocycles. The van der Waals surface area contributed by atoms with Crippen LogP contribution in [-0.2, 0) is 0 Å². The van der Waals surface area contributed by atoms with Crippen LogP contribution in [0.25, 0.3) is 11.4 Å². The minimum Gasteiger partial charge on any atom is -0.373 e. The molecule has 21 heavy (non-hydrogen) atoms. The zero-order valence-electron chi connectivity index (χ0n) is 13.3. The number of aromatic nitrogens is 2. The van der Waals surface area contributed by atoms with Crippen LogP contribution in [0.5, 0.6) is 0 Å². The highest BCUT2D eigenvalue weighted by Crippen LogP contribution is 2.23. The fraction of sp³-hybridized carbons (Fsp3) is 0.412. The maximum atomic E-state index is 4.77. The van der Waals surface area contributed by atoms with Crippen molar-refractivity contribution in [2.24, 2.45) is 0 Å². The van der Waals surface area contributed by atoms with Crippen molar-refractivity contribution in [1.82, 2.24) is 9.97 Å². The number of nitrogens with one attached hydrogen (secondary N) is 1. The Labute approximate surface area is 127 Å². The van der Waals surface area contributed by atoms with Gasteiger partial charge in [-0.25, -0.2) is 9.97 Å². The molecule has 0 unspecified atom stereocenters. The van der Waals surface area contributed by atoms with Crippen LogP contribution in [0.4, 0.5) is 11.6 Å². The zero-order chi connectivity index (χ0) is 15.2. The average Bonchev–Trinajstić information content (AvgIpc) is 2.52. The predicted molar refractivity (Wildman–Crippen MR) is 89.8 cm³/mol. The van der Waals surface area contributed by atoms with Gasteiger partial charge in [0.05, 0.1) is 0 Å². The Bertz CT molecular complexity index is 566. The molecule has 0 aliphatic carbocycles. The van der Waals surface area contributed by atoms with Gasteiger partial charge in [0.15, 0.2) is 5.82 Å². The van der Waals surface area contributed by atoms with Crippen molar-refractivity contribution in [3.8, 4) is 11.4 Å². The number of benzene rings is 1. The van der Waals surface area contributed by atoms with E-state index in [2.05, 4.69) is 36.0 Å². The van der Waals surface area contributed by atoms with Gasteiger partial charge < -0.3 is 10.2 Å². The van der Waals surface area contributed by atoms with Gasteiger partial charge in [-0.2, -0.15) is 0 Å². The monoisotopic (exact) mass is 284 g/mol. The summed E-state index contributed by atoms with van der Waals surface area (Å²) in [7, 11) is 1.89. The fourth-order valence-electron chi connectivity index (χ4n) is 2.30.